The Bertz CT molecular complexity index is 1420. The molecule has 0 unspecified atom stereocenters. The first kappa shape index (κ1) is 22.1. The molecule has 11 nitrogen and oxygen atoms in total. The van der Waals surface area contributed by atoms with Crippen molar-refractivity contribution in [2.75, 3.05) is 36.6 Å². The second kappa shape index (κ2) is 10.1. The molecule has 5 rings (SSSR count). The van der Waals surface area contributed by atoms with E-state index in [9.17, 15) is 4.79 Å². The highest BCUT2D eigenvalue weighted by Crippen LogP contribution is 2.23. The average molecular weight is 467 g/mol. The van der Waals surface area contributed by atoms with Crippen molar-refractivity contribution in [1.82, 2.24) is 24.5 Å². The quantitative estimate of drug-likeness (QED) is 0.247. The van der Waals surface area contributed by atoms with E-state index in [1.807, 2.05) is 11.0 Å². The number of carbonyl (C=O) groups excluding carboxylic acids is 1. The minimum Gasteiger partial charge on any atom is -0.378 e. The van der Waals surface area contributed by atoms with Gasteiger partial charge in [-0.05, 0) is 29.8 Å². The van der Waals surface area contributed by atoms with E-state index < -0.39 is 0 Å². The Morgan fingerprint density at radius 1 is 1.17 bits per heavy atom. The highest BCUT2D eigenvalue weighted by Gasteiger charge is 2.20. The smallest absolute Gasteiger partial charge is 0.229 e. The summed E-state index contributed by atoms with van der Waals surface area (Å²) in [5.41, 5.74) is 5.64. The third-order valence-corrected chi connectivity index (χ3v) is 5.41. The zero-order chi connectivity index (χ0) is 24.0. The third-order valence-electron chi connectivity index (χ3n) is 5.41. The van der Waals surface area contributed by atoms with Crippen molar-refractivity contribution in [3.8, 4) is 6.07 Å². The molecule has 1 aromatic carbocycles. The molecule has 3 aromatic heterocycles. The van der Waals surface area contributed by atoms with Gasteiger partial charge < -0.3 is 14.2 Å². The van der Waals surface area contributed by atoms with Crippen LogP contribution in [0.5, 0.6) is 0 Å². The molecule has 0 saturated carbocycles. The van der Waals surface area contributed by atoms with Crippen molar-refractivity contribution >= 4 is 34.9 Å². The summed E-state index contributed by atoms with van der Waals surface area (Å²) in [6.45, 7) is 2.49. The number of ether oxygens (including phenoxy) is 1. The lowest BCUT2D eigenvalue weighted by atomic mass is 10.1. The topological polar surface area (TPSA) is 134 Å². The van der Waals surface area contributed by atoms with Crippen LogP contribution in [0.15, 0.2) is 60.1 Å². The highest BCUT2D eigenvalue weighted by atomic mass is 16.5. The normalized spacial score (nSPS) is 13.7. The molecule has 1 saturated heterocycles. The van der Waals surface area contributed by atoms with Crippen LogP contribution in [0.25, 0.3) is 11.2 Å². The van der Waals surface area contributed by atoms with Gasteiger partial charge in [0.25, 0.3) is 0 Å². The fourth-order valence-corrected chi connectivity index (χ4v) is 3.65. The predicted molar refractivity (Wildman–Crippen MR) is 129 cm³/mol. The molecule has 1 aliphatic rings. The molecule has 4 aromatic rings. The van der Waals surface area contributed by atoms with Crippen LogP contribution >= 0.6 is 0 Å². The Morgan fingerprint density at radius 3 is 2.86 bits per heavy atom. The lowest BCUT2D eigenvalue weighted by Gasteiger charge is -2.27. The van der Waals surface area contributed by atoms with Crippen molar-refractivity contribution in [2.45, 2.75) is 6.54 Å². The lowest BCUT2D eigenvalue weighted by Crippen LogP contribution is -2.37. The Hall–Kier alpha value is -4.69. The van der Waals surface area contributed by atoms with Crippen LogP contribution in [0, 0.1) is 11.3 Å². The first-order valence-electron chi connectivity index (χ1n) is 11.0. The van der Waals surface area contributed by atoms with E-state index in [2.05, 4.69) is 31.5 Å². The molecule has 1 aliphatic heterocycles. The summed E-state index contributed by atoms with van der Waals surface area (Å²) < 4.78 is 7.14. The number of anilines is 2. The van der Waals surface area contributed by atoms with Crippen LogP contribution in [-0.4, -0.2) is 62.8 Å². The zero-order valence-electron chi connectivity index (χ0n) is 18.7. The van der Waals surface area contributed by atoms with E-state index in [-0.39, 0.29) is 12.3 Å². The fourth-order valence-electron chi connectivity index (χ4n) is 3.65. The first-order valence-corrected chi connectivity index (χ1v) is 11.0. The maximum absolute atomic E-state index is 12.8. The van der Waals surface area contributed by atoms with Crippen LogP contribution in [0.4, 0.5) is 11.8 Å². The summed E-state index contributed by atoms with van der Waals surface area (Å²) in [5, 5.41) is 13.4. The van der Waals surface area contributed by atoms with Gasteiger partial charge in [0.15, 0.2) is 17.0 Å². The molecule has 35 heavy (non-hydrogen) atoms. The number of nitriles is 1. The van der Waals surface area contributed by atoms with Crippen molar-refractivity contribution in [3.63, 3.8) is 0 Å². The molecular weight excluding hydrogens is 446 g/mol. The van der Waals surface area contributed by atoms with Crippen LogP contribution in [0.2, 0.25) is 0 Å². The number of hydrogen-bond donors (Lipinski definition) is 1. The van der Waals surface area contributed by atoms with Gasteiger partial charge in [0, 0.05) is 19.3 Å². The van der Waals surface area contributed by atoms with Gasteiger partial charge in [-0.15, -0.1) is 0 Å². The number of pyridine rings is 1. The van der Waals surface area contributed by atoms with E-state index >= 15 is 0 Å². The zero-order valence-corrected chi connectivity index (χ0v) is 18.7. The summed E-state index contributed by atoms with van der Waals surface area (Å²) in [5.74, 6) is 0.756. The lowest BCUT2D eigenvalue weighted by molar-refractivity contribution is 0.0968. The summed E-state index contributed by atoms with van der Waals surface area (Å²) >= 11 is 0. The molecule has 0 amide bonds. The van der Waals surface area contributed by atoms with E-state index in [4.69, 9.17) is 15.0 Å². The molecule has 0 radical (unpaired) electrons. The Labute approximate surface area is 200 Å². The Morgan fingerprint density at radius 2 is 2.06 bits per heavy atom. The minimum absolute atomic E-state index is 0.0384. The van der Waals surface area contributed by atoms with Crippen LogP contribution < -0.4 is 10.3 Å². The van der Waals surface area contributed by atoms with Crippen molar-refractivity contribution in [3.05, 3.63) is 71.8 Å². The van der Waals surface area contributed by atoms with E-state index in [0.29, 0.717) is 60.5 Å². The van der Waals surface area contributed by atoms with E-state index in [1.54, 1.807) is 59.7 Å². The summed E-state index contributed by atoms with van der Waals surface area (Å²) in [4.78, 5) is 32.7. The van der Waals surface area contributed by atoms with Gasteiger partial charge in [-0.3, -0.25) is 15.2 Å². The second-order valence-corrected chi connectivity index (χ2v) is 7.76. The summed E-state index contributed by atoms with van der Waals surface area (Å²) in [6, 6.07) is 14.4. The van der Waals surface area contributed by atoms with Crippen LogP contribution in [0.3, 0.4) is 0 Å². The number of carbonyl (C=O) groups is 1. The van der Waals surface area contributed by atoms with E-state index in [0.717, 1.165) is 5.56 Å². The van der Waals surface area contributed by atoms with Crippen molar-refractivity contribution < 1.29 is 9.53 Å². The van der Waals surface area contributed by atoms with Gasteiger partial charge in [0.05, 0.1) is 43.9 Å². The largest absolute Gasteiger partial charge is 0.378 e. The molecule has 1 fully saturated rings. The molecular formula is C24H21N9O2. The van der Waals surface area contributed by atoms with Gasteiger partial charge in [-0.1, -0.05) is 18.2 Å². The molecule has 0 aliphatic carbocycles. The number of aromatic nitrogens is 5. The number of nitrogens with zero attached hydrogens (tertiary/aromatic N) is 8. The SMILES string of the molecule is N#Cc1cccc(C=NNc2nc(N3CCOCC3)nc3c2ncn3CC(=O)c2ccccn2)c1. The molecule has 4 heterocycles. The number of imidazole rings is 1. The predicted octanol–water partition coefficient (Wildman–Crippen LogP) is 2.26. The van der Waals surface area contributed by atoms with Gasteiger partial charge in [0.2, 0.25) is 11.7 Å². The number of Topliss-reactive ketones (excluding diaryl/α,β-unsaturated/α-hetero) is 1. The molecule has 11 heteroatoms. The monoisotopic (exact) mass is 467 g/mol. The molecule has 0 spiro atoms. The van der Waals surface area contributed by atoms with Gasteiger partial charge in [-0.25, -0.2) is 4.98 Å². The van der Waals surface area contributed by atoms with Gasteiger partial charge in [-0.2, -0.15) is 20.3 Å². The van der Waals surface area contributed by atoms with Crippen LogP contribution in [-0.2, 0) is 11.3 Å². The molecule has 0 bridgehead atoms. The third kappa shape index (κ3) is 4.97. The average Bonchev–Trinajstić information content (AvgIpc) is 3.32. The molecule has 174 valence electrons. The van der Waals surface area contributed by atoms with Crippen LogP contribution in [0.1, 0.15) is 21.6 Å². The highest BCUT2D eigenvalue weighted by molar-refractivity contribution is 5.95. The number of hydrogen-bond acceptors (Lipinski definition) is 10. The number of hydrazone groups is 1. The number of fused-ring (bicyclic) bond motifs is 1. The summed E-state index contributed by atoms with van der Waals surface area (Å²) in [7, 11) is 0. The van der Waals surface area contributed by atoms with Crippen molar-refractivity contribution in [2.24, 2.45) is 5.10 Å². The van der Waals surface area contributed by atoms with Crippen molar-refractivity contribution in [1.29, 1.82) is 5.26 Å². The second-order valence-electron chi connectivity index (χ2n) is 7.76. The standard InChI is InChI=1S/C24H21N9O2/c25-13-17-4-3-5-18(12-17)14-28-31-22-21-23(30-24(29-22)32-8-10-35-11-9-32)33(16-27-21)15-20(34)19-6-1-2-7-26-19/h1-7,12,14,16H,8-11,15H2,(H,29,30,31). The fraction of sp³-hybridized carbons (Fsp3) is 0.208. The number of benzene rings is 1. The van der Waals surface area contributed by atoms with Gasteiger partial charge in [0.1, 0.15) is 5.69 Å². The number of morpholine rings is 1. The number of ketones is 1. The summed E-state index contributed by atoms with van der Waals surface area (Å²) in [6.07, 6.45) is 4.75. The number of rotatable bonds is 7. The minimum atomic E-state index is -0.152. The maximum Gasteiger partial charge on any atom is 0.229 e. The maximum atomic E-state index is 12.8. The van der Waals surface area contributed by atoms with Gasteiger partial charge >= 0.3 is 0 Å². The molecule has 0 atom stereocenters. The number of nitrogens with one attached hydrogen (secondary N) is 1. The Balaban J connectivity index is 1.47. The van der Waals surface area contributed by atoms with E-state index in [1.165, 1.54) is 0 Å². The Kier molecular flexibility index (Phi) is 6.36. The first-order chi connectivity index (χ1) is 17.2. The molecule has 1 N–H and O–H groups in total.